The zero-order valence-corrected chi connectivity index (χ0v) is 8.16. The lowest BCUT2D eigenvalue weighted by Crippen LogP contribution is -2.28. The molecule has 1 aromatic rings. The van der Waals surface area contributed by atoms with Crippen LogP contribution in [-0.2, 0) is 6.42 Å². The van der Waals surface area contributed by atoms with Crippen LogP contribution in [0.4, 0.5) is 4.39 Å². The van der Waals surface area contributed by atoms with Crippen LogP contribution in [0.2, 0.25) is 0 Å². The Kier molecular flexibility index (Phi) is 2.42. The molecule has 0 amide bonds. The van der Waals surface area contributed by atoms with Gasteiger partial charge in [0.05, 0.1) is 13.2 Å². The van der Waals surface area contributed by atoms with E-state index in [9.17, 15) is 4.39 Å². The van der Waals surface area contributed by atoms with E-state index >= 15 is 0 Å². The second kappa shape index (κ2) is 3.58. The van der Waals surface area contributed by atoms with Gasteiger partial charge >= 0.3 is 0 Å². The molecule has 2 atom stereocenters. The minimum absolute atomic E-state index is 0.492. The number of hydrogen-bond acceptors (Lipinski definition) is 2. The van der Waals surface area contributed by atoms with Gasteiger partial charge in [-0.1, -0.05) is 12.1 Å². The van der Waals surface area contributed by atoms with E-state index in [1.54, 1.807) is 7.11 Å². The highest BCUT2D eigenvalue weighted by Crippen LogP contribution is 2.35. The van der Waals surface area contributed by atoms with Crippen molar-refractivity contribution in [3.63, 3.8) is 0 Å². The van der Waals surface area contributed by atoms with Gasteiger partial charge in [0.15, 0.2) is 0 Å². The van der Waals surface area contributed by atoms with Crippen molar-refractivity contribution in [3.8, 4) is 5.75 Å². The van der Waals surface area contributed by atoms with Crippen molar-refractivity contribution in [2.45, 2.75) is 25.1 Å². The van der Waals surface area contributed by atoms with Crippen molar-refractivity contribution in [2.24, 2.45) is 5.73 Å². The van der Waals surface area contributed by atoms with Crippen molar-refractivity contribution in [1.82, 2.24) is 0 Å². The van der Waals surface area contributed by atoms with Gasteiger partial charge in [-0.2, -0.15) is 0 Å². The van der Waals surface area contributed by atoms with Gasteiger partial charge < -0.3 is 10.5 Å². The molecule has 76 valence electrons. The molecule has 1 aliphatic carbocycles. The average Bonchev–Trinajstić information content (AvgIpc) is 2.23. The summed E-state index contributed by atoms with van der Waals surface area (Å²) in [6.07, 6.45) is 0.289. The maximum atomic E-state index is 13.3. The molecule has 0 radical (unpaired) electrons. The molecule has 0 bridgehead atoms. The lowest BCUT2D eigenvalue weighted by molar-refractivity contribution is 0.252. The van der Waals surface area contributed by atoms with Crippen LogP contribution in [0.3, 0.4) is 0 Å². The Labute approximate surface area is 82.9 Å². The molecule has 0 aliphatic heterocycles. The van der Waals surface area contributed by atoms with E-state index in [4.69, 9.17) is 10.5 Å². The fourth-order valence-electron chi connectivity index (χ4n) is 2.01. The number of nitrogens with two attached hydrogens (primary N) is 1. The van der Waals surface area contributed by atoms with Gasteiger partial charge in [0, 0.05) is 0 Å². The molecule has 14 heavy (non-hydrogen) atoms. The van der Waals surface area contributed by atoms with E-state index < -0.39 is 12.2 Å². The van der Waals surface area contributed by atoms with Crippen molar-refractivity contribution in [1.29, 1.82) is 0 Å². The molecule has 0 heterocycles. The first-order chi connectivity index (χ1) is 6.74. The highest BCUT2D eigenvalue weighted by molar-refractivity contribution is 5.43. The zero-order valence-electron chi connectivity index (χ0n) is 8.16. The van der Waals surface area contributed by atoms with Gasteiger partial charge in [-0.15, -0.1) is 0 Å². The topological polar surface area (TPSA) is 35.2 Å². The van der Waals surface area contributed by atoms with Crippen LogP contribution in [0.5, 0.6) is 5.75 Å². The van der Waals surface area contributed by atoms with E-state index in [1.807, 2.05) is 18.2 Å². The van der Waals surface area contributed by atoms with Crippen LogP contribution in [-0.4, -0.2) is 13.3 Å². The van der Waals surface area contributed by atoms with Crippen LogP contribution in [0.15, 0.2) is 18.2 Å². The van der Waals surface area contributed by atoms with Crippen LogP contribution >= 0.6 is 0 Å². The Balaban J connectivity index is 2.47. The van der Waals surface area contributed by atoms with Crippen molar-refractivity contribution >= 4 is 0 Å². The standard InChI is InChI=1S/C11H14FNO/c1-14-10-4-2-3-8-7(10)5-6-9(12)11(8)13/h2-4,9,11H,5-6,13H2,1H3. The quantitative estimate of drug-likeness (QED) is 0.743. The Morgan fingerprint density at radius 1 is 1.50 bits per heavy atom. The Bertz CT molecular complexity index is 340. The fourth-order valence-corrected chi connectivity index (χ4v) is 2.01. The minimum atomic E-state index is -0.922. The highest BCUT2D eigenvalue weighted by Gasteiger charge is 2.27. The molecular formula is C11H14FNO. The maximum Gasteiger partial charge on any atom is 0.122 e. The van der Waals surface area contributed by atoms with Gasteiger partial charge in [0.25, 0.3) is 0 Å². The Hall–Kier alpha value is -1.09. The molecule has 2 unspecified atom stereocenters. The number of hydrogen-bond donors (Lipinski definition) is 1. The summed E-state index contributed by atoms with van der Waals surface area (Å²) < 4.78 is 18.5. The average molecular weight is 195 g/mol. The van der Waals surface area contributed by atoms with Crippen LogP contribution < -0.4 is 10.5 Å². The molecule has 2 rings (SSSR count). The minimum Gasteiger partial charge on any atom is -0.496 e. The lowest BCUT2D eigenvalue weighted by Gasteiger charge is -2.26. The maximum absolute atomic E-state index is 13.3. The third-order valence-corrected chi connectivity index (χ3v) is 2.81. The van der Waals surface area contributed by atoms with Gasteiger partial charge in [0.2, 0.25) is 0 Å². The van der Waals surface area contributed by atoms with Crippen molar-refractivity contribution in [2.75, 3.05) is 7.11 Å². The van der Waals surface area contributed by atoms with Crippen molar-refractivity contribution < 1.29 is 9.13 Å². The molecule has 3 heteroatoms. The summed E-state index contributed by atoms with van der Waals surface area (Å²) in [5, 5.41) is 0. The summed E-state index contributed by atoms with van der Waals surface area (Å²) in [6, 6.07) is 5.14. The number of alkyl halides is 1. The molecule has 0 saturated carbocycles. The van der Waals surface area contributed by atoms with E-state index in [0.717, 1.165) is 16.9 Å². The third kappa shape index (κ3) is 1.38. The van der Waals surface area contributed by atoms with Crippen molar-refractivity contribution in [3.05, 3.63) is 29.3 Å². The number of benzene rings is 1. The summed E-state index contributed by atoms with van der Waals surface area (Å²) in [4.78, 5) is 0. The monoisotopic (exact) mass is 195 g/mol. The smallest absolute Gasteiger partial charge is 0.122 e. The number of fused-ring (bicyclic) bond motifs is 1. The van der Waals surface area contributed by atoms with E-state index in [1.165, 1.54) is 0 Å². The normalized spacial score (nSPS) is 25.6. The first kappa shape index (κ1) is 9.46. The molecule has 0 saturated heterocycles. The summed E-state index contributed by atoms with van der Waals surface area (Å²) in [6.45, 7) is 0. The second-order valence-electron chi connectivity index (χ2n) is 3.61. The lowest BCUT2D eigenvalue weighted by atomic mass is 9.86. The summed E-state index contributed by atoms with van der Waals surface area (Å²) in [7, 11) is 1.63. The second-order valence-corrected chi connectivity index (χ2v) is 3.61. The third-order valence-electron chi connectivity index (χ3n) is 2.81. The highest BCUT2D eigenvalue weighted by atomic mass is 19.1. The first-order valence-corrected chi connectivity index (χ1v) is 4.79. The largest absolute Gasteiger partial charge is 0.496 e. The summed E-state index contributed by atoms with van der Waals surface area (Å²) in [5.74, 6) is 0.824. The predicted octanol–water partition coefficient (Wildman–Crippen LogP) is 1.98. The van der Waals surface area contributed by atoms with Gasteiger partial charge in [-0.3, -0.25) is 0 Å². The molecule has 0 fully saturated rings. The molecule has 1 aromatic carbocycles. The molecule has 2 N–H and O–H groups in total. The predicted molar refractivity (Wildman–Crippen MR) is 53.1 cm³/mol. The van der Waals surface area contributed by atoms with Gasteiger partial charge in [-0.25, -0.2) is 4.39 Å². The molecule has 0 aromatic heterocycles. The van der Waals surface area contributed by atoms with Crippen LogP contribution in [0, 0.1) is 0 Å². The Morgan fingerprint density at radius 2 is 2.29 bits per heavy atom. The summed E-state index contributed by atoms with van der Waals surface area (Å²) >= 11 is 0. The number of ether oxygens (including phenoxy) is 1. The molecule has 2 nitrogen and oxygen atoms in total. The van der Waals surface area contributed by atoms with Crippen LogP contribution in [0.25, 0.3) is 0 Å². The van der Waals surface area contributed by atoms with E-state index in [-0.39, 0.29) is 0 Å². The Morgan fingerprint density at radius 3 is 3.00 bits per heavy atom. The number of halogens is 1. The van der Waals surface area contributed by atoms with Gasteiger partial charge in [0.1, 0.15) is 11.9 Å². The van der Waals surface area contributed by atoms with E-state index in [0.29, 0.717) is 12.8 Å². The molecular weight excluding hydrogens is 181 g/mol. The first-order valence-electron chi connectivity index (χ1n) is 4.79. The number of methoxy groups -OCH3 is 1. The van der Waals surface area contributed by atoms with E-state index in [2.05, 4.69) is 0 Å². The molecule has 0 spiro atoms. The SMILES string of the molecule is COc1cccc2c1CCC(F)C2N. The van der Waals surface area contributed by atoms with Gasteiger partial charge in [-0.05, 0) is 30.0 Å². The van der Waals surface area contributed by atoms with Crippen LogP contribution in [0.1, 0.15) is 23.6 Å². The molecule has 1 aliphatic rings. The summed E-state index contributed by atoms with van der Waals surface area (Å²) in [5.41, 5.74) is 7.74. The fraction of sp³-hybridized carbons (Fsp3) is 0.455. The number of rotatable bonds is 1. The zero-order chi connectivity index (χ0) is 10.1.